The van der Waals surface area contributed by atoms with Gasteiger partial charge in [-0.1, -0.05) is 6.07 Å². The van der Waals surface area contributed by atoms with Gasteiger partial charge in [-0.15, -0.1) is 0 Å². The molecule has 5 nitrogen and oxygen atoms in total. The fourth-order valence-electron chi connectivity index (χ4n) is 1.05. The molecule has 1 rings (SSSR count). The highest BCUT2D eigenvalue weighted by Gasteiger charge is 2.16. The molecule has 5 heteroatoms. The Morgan fingerprint density at radius 2 is 2.15 bits per heavy atom. The van der Waals surface area contributed by atoms with E-state index >= 15 is 0 Å². The summed E-state index contributed by atoms with van der Waals surface area (Å²) in [6.45, 7) is 1.42. The van der Waals surface area contributed by atoms with E-state index in [4.69, 9.17) is 5.11 Å². The van der Waals surface area contributed by atoms with Crippen LogP contribution < -0.4 is 0 Å². The minimum Gasteiger partial charge on any atom is -0.478 e. The number of hydrogen-bond donors (Lipinski definition) is 1. The molecule has 0 amide bonds. The molecule has 0 aliphatic rings. The number of hydrogen-bond acceptors (Lipinski definition) is 3. The lowest BCUT2D eigenvalue weighted by atomic mass is 10.1. The fraction of sp³-hybridized carbons (Fsp3) is 0.125. The molecule has 0 fully saturated rings. The third kappa shape index (κ3) is 1.64. The van der Waals surface area contributed by atoms with Crippen molar-refractivity contribution < 1.29 is 14.8 Å². The van der Waals surface area contributed by atoms with Crippen molar-refractivity contribution >= 4 is 11.7 Å². The van der Waals surface area contributed by atoms with Crippen LogP contribution in [0.3, 0.4) is 0 Å². The van der Waals surface area contributed by atoms with E-state index in [-0.39, 0.29) is 16.8 Å². The number of aromatic carboxylic acids is 1. The first-order valence-electron chi connectivity index (χ1n) is 3.51. The van der Waals surface area contributed by atoms with Crippen molar-refractivity contribution in [2.45, 2.75) is 6.92 Å². The standard InChI is InChI=1S/C8H7NO4/c1-5-6(8(10)11)3-2-4-7(5)9(12)13/h2-4H,1H3,(H,10,11)/i8+1. The van der Waals surface area contributed by atoms with Crippen LogP contribution in [0.5, 0.6) is 0 Å². The van der Waals surface area contributed by atoms with Gasteiger partial charge in [-0.3, -0.25) is 10.1 Å². The molecule has 13 heavy (non-hydrogen) atoms. The van der Waals surface area contributed by atoms with E-state index < -0.39 is 10.9 Å². The maximum atomic E-state index is 10.6. The average Bonchev–Trinajstić information content (AvgIpc) is 2.03. The molecule has 0 spiro atoms. The average molecular weight is 182 g/mol. The van der Waals surface area contributed by atoms with Crippen molar-refractivity contribution in [2.75, 3.05) is 0 Å². The largest absolute Gasteiger partial charge is 0.478 e. The lowest BCUT2D eigenvalue weighted by Gasteiger charge is -2.00. The van der Waals surface area contributed by atoms with Crippen LogP contribution in [0.15, 0.2) is 18.2 Å². The number of nitrogens with zero attached hydrogens (tertiary/aromatic N) is 1. The molecule has 1 N–H and O–H groups in total. The summed E-state index contributed by atoms with van der Waals surface area (Å²) < 4.78 is 0. The van der Waals surface area contributed by atoms with E-state index in [9.17, 15) is 14.9 Å². The summed E-state index contributed by atoms with van der Waals surface area (Å²) in [5.41, 5.74) is -0.0194. The van der Waals surface area contributed by atoms with Gasteiger partial charge in [-0.25, -0.2) is 4.79 Å². The molecule has 1 aromatic rings. The third-order valence-electron chi connectivity index (χ3n) is 1.73. The molecule has 0 atom stereocenters. The van der Waals surface area contributed by atoms with E-state index in [0.29, 0.717) is 0 Å². The highest BCUT2D eigenvalue weighted by atomic mass is 16.6. The predicted octanol–water partition coefficient (Wildman–Crippen LogP) is 1.60. The summed E-state index contributed by atoms with van der Waals surface area (Å²) in [6, 6.07) is 3.97. The molecule has 0 heterocycles. The summed E-state index contributed by atoms with van der Waals surface area (Å²) in [7, 11) is 0. The minimum absolute atomic E-state index is 0.0331. The zero-order valence-electron chi connectivity index (χ0n) is 6.85. The Balaban J connectivity index is 3.35. The first-order valence-corrected chi connectivity index (χ1v) is 3.51. The minimum atomic E-state index is -1.15. The van der Waals surface area contributed by atoms with Gasteiger partial charge < -0.3 is 5.11 Å². The van der Waals surface area contributed by atoms with Crippen LogP contribution >= 0.6 is 0 Å². The topological polar surface area (TPSA) is 80.4 Å². The summed E-state index contributed by atoms with van der Waals surface area (Å²) in [5.74, 6) is -1.15. The van der Waals surface area contributed by atoms with Crippen molar-refractivity contribution in [3.05, 3.63) is 39.4 Å². The molecule has 0 saturated heterocycles. The first kappa shape index (κ1) is 9.18. The van der Waals surface area contributed by atoms with E-state index in [1.54, 1.807) is 0 Å². The van der Waals surface area contributed by atoms with E-state index in [1.165, 1.54) is 25.1 Å². The number of carboxylic acid groups (broad SMARTS) is 1. The number of carbonyl (C=O) groups is 1. The monoisotopic (exact) mass is 182 g/mol. The van der Waals surface area contributed by atoms with Crippen molar-refractivity contribution in [3.63, 3.8) is 0 Å². The molecule has 0 aliphatic carbocycles. The van der Waals surface area contributed by atoms with Crippen molar-refractivity contribution in [1.29, 1.82) is 0 Å². The van der Waals surface area contributed by atoms with Gasteiger partial charge in [0.05, 0.1) is 10.5 Å². The lowest BCUT2D eigenvalue weighted by molar-refractivity contribution is -0.385. The smallest absolute Gasteiger partial charge is 0.336 e. The predicted molar refractivity (Wildman–Crippen MR) is 44.8 cm³/mol. The van der Waals surface area contributed by atoms with Crippen LogP contribution in [0.2, 0.25) is 0 Å². The van der Waals surface area contributed by atoms with Gasteiger partial charge in [0.1, 0.15) is 0 Å². The Labute approximate surface area is 73.8 Å². The molecule has 68 valence electrons. The molecule has 0 aromatic heterocycles. The molecular weight excluding hydrogens is 175 g/mol. The summed E-state index contributed by atoms with van der Waals surface area (Å²) in [4.78, 5) is 20.4. The lowest BCUT2D eigenvalue weighted by Crippen LogP contribution is -2.02. The zero-order valence-corrected chi connectivity index (χ0v) is 6.85. The number of benzene rings is 1. The quantitative estimate of drug-likeness (QED) is 0.428. The van der Waals surface area contributed by atoms with Gasteiger partial charge >= 0.3 is 5.97 Å². The SMILES string of the molecule is Cc1c([13C](=O)O)cccc1[N+](=O)[O-]. The van der Waals surface area contributed by atoms with Crippen molar-refractivity contribution in [1.82, 2.24) is 0 Å². The van der Waals surface area contributed by atoms with E-state index in [1.807, 2.05) is 0 Å². The maximum absolute atomic E-state index is 10.6. The number of carboxylic acids is 1. The van der Waals surface area contributed by atoms with E-state index in [0.717, 1.165) is 0 Å². The van der Waals surface area contributed by atoms with Crippen LogP contribution in [0.4, 0.5) is 5.69 Å². The number of nitro groups is 1. The molecule has 0 saturated carbocycles. The zero-order chi connectivity index (χ0) is 10.0. The second-order valence-corrected chi connectivity index (χ2v) is 2.51. The van der Waals surface area contributed by atoms with Crippen LogP contribution in [0.1, 0.15) is 15.9 Å². The Morgan fingerprint density at radius 1 is 1.54 bits per heavy atom. The molecular formula is C8H7NO4. The number of rotatable bonds is 2. The van der Waals surface area contributed by atoms with Crippen LogP contribution in [0, 0.1) is 17.0 Å². The second kappa shape index (κ2) is 3.22. The Hall–Kier alpha value is -1.91. The van der Waals surface area contributed by atoms with Crippen molar-refractivity contribution in [2.24, 2.45) is 0 Å². The van der Waals surface area contributed by atoms with Gasteiger partial charge in [-0.2, -0.15) is 0 Å². The molecule has 1 aromatic carbocycles. The highest BCUT2D eigenvalue weighted by Crippen LogP contribution is 2.20. The van der Waals surface area contributed by atoms with Gasteiger partial charge in [0.15, 0.2) is 0 Å². The van der Waals surface area contributed by atoms with Crippen LogP contribution in [-0.2, 0) is 0 Å². The van der Waals surface area contributed by atoms with Gasteiger partial charge in [0.2, 0.25) is 0 Å². The second-order valence-electron chi connectivity index (χ2n) is 2.51. The molecule has 0 unspecified atom stereocenters. The van der Waals surface area contributed by atoms with Crippen molar-refractivity contribution in [3.8, 4) is 0 Å². The summed E-state index contributed by atoms with van der Waals surface area (Å²) >= 11 is 0. The molecule has 0 bridgehead atoms. The normalized spacial score (nSPS) is 9.62. The van der Waals surface area contributed by atoms with Crippen LogP contribution in [-0.4, -0.2) is 16.0 Å². The maximum Gasteiger partial charge on any atom is 0.336 e. The fourth-order valence-corrected chi connectivity index (χ4v) is 1.05. The van der Waals surface area contributed by atoms with Gasteiger partial charge in [0, 0.05) is 11.6 Å². The van der Waals surface area contributed by atoms with Gasteiger partial charge in [0.25, 0.3) is 5.69 Å². The summed E-state index contributed by atoms with van der Waals surface area (Å²) in [5, 5.41) is 19.1. The highest BCUT2D eigenvalue weighted by molar-refractivity contribution is 5.90. The Kier molecular flexibility index (Phi) is 2.27. The number of nitro benzene ring substituents is 1. The third-order valence-corrected chi connectivity index (χ3v) is 1.73. The van der Waals surface area contributed by atoms with Crippen LogP contribution in [0.25, 0.3) is 0 Å². The van der Waals surface area contributed by atoms with E-state index in [2.05, 4.69) is 0 Å². The Morgan fingerprint density at radius 3 is 2.62 bits per heavy atom. The summed E-state index contributed by atoms with van der Waals surface area (Å²) in [6.07, 6.45) is 0. The Bertz CT molecular complexity index is 340. The first-order chi connectivity index (χ1) is 6.04. The molecule has 0 aliphatic heterocycles. The molecule has 0 radical (unpaired) electrons. The van der Waals surface area contributed by atoms with Gasteiger partial charge in [-0.05, 0) is 13.0 Å².